The Morgan fingerprint density at radius 1 is 0.927 bits per heavy atom. The molecule has 0 bridgehead atoms. The number of rotatable bonds is 7. The summed E-state index contributed by atoms with van der Waals surface area (Å²) in [5.74, 6) is -0.121. The molecule has 4 aromatic heterocycles. The number of benzene rings is 2. The summed E-state index contributed by atoms with van der Waals surface area (Å²) in [6.45, 7) is 6.16. The number of halogens is 3. The average Bonchev–Trinajstić information content (AvgIpc) is 3.69. The highest BCUT2D eigenvalue weighted by Gasteiger charge is 2.34. The first-order chi connectivity index (χ1) is 25.7. The third-order valence-corrected chi connectivity index (χ3v) is 10.8. The van der Waals surface area contributed by atoms with Crippen LogP contribution in [0.25, 0.3) is 22.3 Å². The van der Waals surface area contributed by atoms with Gasteiger partial charge in [0.2, 0.25) is 0 Å². The van der Waals surface area contributed by atoms with Crippen LogP contribution in [0.1, 0.15) is 37.5 Å². The lowest BCUT2D eigenvalue weighted by atomic mass is 9.92. The number of carbonyl (C=O) groups excluding carboxylic acids is 2. The van der Waals surface area contributed by atoms with Crippen LogP contribution in [0.3, 0.4) is 0 Å². The summed E-state index contributed by atoms with van der Waals surface area (Å²) in [6, 6.07) is 22.4. The van der Waals surface area contributed by atoms with Crippen molar-refractivity contribution in [2.45, 2.75) is 25.9 Å². The first-order valence-electron chi connectivity index (χ1n) is 17.7. The number of fused-ring (bicyclic) bond motifs is 2. The fourth-order valence-electron chi connectivity index (χ4n) is 7.56. The van der Waals surface area contributed by atoms with Gasteiger partial charge in [-0.2, -0.15) is 0 Å². The van der Waals surface area contributed by atoms with E-state index >= 15 is 0 Å². The van der Waals surface area contributed by atoms with Crippen LogP contribution in [0.5, 0.6) is 5.75 Å². The summed E-state index contributed by atoms with van der Waals surface area (Å²) in [7, 11) is 3.80. The molecule has 0 radical (unpaired) electrons. The lowest BCUT2D eigenvalue weighted by Gasteiger charge is -2.40. The fraction of sp³-hybridized carbons (Fsp3) is 0.268. The molecule has 1 atom stereocenters. The molecular formula is C41H42Cl3N7O4. The molecule has 0 saturated carbocycles. The smallest absolute Gasteiger partial charge is 0.265 e. The molecule has 11 nitrogen and oxygen atoms in total. The van der Waals surface area contributed by atoms with Crippen LogP contribution in [0, 0.1) is 6.92 Å². The monoisotopic (exact) mass is 801 g/mol. The second-order valence-electron chi connectivity index (χ2n) is 13.8. The zero-order chi connectivity index (χ0) is 36.8. The summed E-state index contributed by atoms with van der Waals surface area (Å²) in [6.07, 6.45) is 5.63. The molecule has 2 aliphatic rings. The number of ether oxygens (including phenoxy) is 1. The van der Waals surface area contributed by atoms with E-state index < -0.39 is 0 Å². The minimum atomic E-state index is -0.340. The van der Waals surface area contributed by atoms with Gasteiger partial charge in [0.1, 0.15) is 17.2 Å². The van der Waals surface area contributed by atoms with Gasteiger partial charge < -0.3 is 23.9 Å². The van der Waals surface area contributed by atoms with Crippen LogP contribution in [-0.2, 0) is 31.8 Å². The number of pyridine rings is 2. The fourth-order valence-corrected chi connectivity index (χ4v) is 7.74. The average molecular weight is 803 g/mol. The van der Waals surface area contributed by atoms with Crippen LogP contribution >= 0.6 is 36.4 Å². The number of morpholine rings is 1. The van der Waals surface area contributed by atoms with Crippen molar-refractivity contribution in [3.63, 3.8) is 0 Å². The van der Waals surface area contributed by atoms with Gasteiger partial charge in [0.05, 0.1) is 36.9 Å². The van der Waals surface area contributed by atoms with Gasteiger partial charge in [-0.05, 0) is 73.0 Å². The summed E-state index contributed by atoms with van der Waals surface area (Å²) in [4.78, 5) is 44.5. The van der Waals surface area contributed by atoms with Gasteiger partial charge in [-0.15, -0.1) is 24.8 Å². The van der Waals surface area contributed by atoms with Crippen LogP contribution in [-0.4, -0.2) is 84.7 Å². The van der Waals surface area contributed by atoms with Crippen molar-refractivity contribution in [3.05, 3.63) is 124 Å². The first-order valence-corrected chi connectivity index (χ1v) is 18.1. The van der Waals surface area contributed by atoms with E-state index in [-0.39, 0.29) is 48.4 Å². The Labute approximate surface area is 336 Å². The van der Waals surface area contributed by atoms with Gasteiger partial charge in [0.25, 0.3) is 11.8 Å². The van der Waals surface area contributed by atoms with E-state index in [2.05, 4.69) is 33.1 Å². The molecule has 2 aliphatic heterocycles. The maximum Gasteiger partial charge on any atom is 0.265 e. The van der Waals surface area contributed by atoms with Crippen molar-refractivity contribution in [2.24, 2.45) is 14.1 Å². The van der Waals surface area contributed by atoms with E-state index in [1.165, 1.54) is 22.7 Å². The number of anilines is 2. The van der Waals surface area contributed by atoms with Crippen molar-refractivity contribution in [2.75, 3.05) is 37.7 Å². The summed E-state index contributed by atoms with van der Waals surface area (Å²) >= 11 is 6.65. The standard InChI is InChI=1S/C41H40ClN7O4.2ClH/c1-26-35(41(52)49(38-11-9-33(50)23-43-38)31-19-28-12-13-45(2)39(28)44-22-31)21-37(46(26)3)36-20-30(42)8-10-34(36)40(51)48-24-29-7-5-4-6-27(29)18-32(48)25-47-14-16-53-17-15-47;;/h4-13,19-23,32,50H,14-18,24-25H2,1-3H3;2*1H/t32-;;/m0../s1. The number of aromatic nitrogens is 4. The lowest BCUT2D eigenvalue weighted by molar-refractivity contribution is 0.0193. The highest BCUT2D eigenvalue weighted by molar-refractivity contribution is 6.31. The maximum absolute atomic E-state index is 14.8. The molecule has 2 aromatic carbocycles. The van der Waals surface area contributed by atoms with Crippen LogP contribution in [0.2, 0.25) is 5.02 Å². The number of hydrogen-bond acceptors (Lipinski definition) is 7. The van der Waals surface area contributed by atoms with Crippen LogP contribution < -0.4 is 4.90 Å². The highest BCUT2D eigenvalue weighted by atomic mass is 35.5. The third kappa shape index (κ3) is 7.68. The van der Waals surface area contributed by atoms with Crippen LogP contribution in [0.4, 0.5) is 11.5 Å². The molecule has 6 aromatic rings. The predicted octanol–water partition coefficient (Wildman–Crippen LogP) is 7.36. The van der Waals surface area contributed by atoms with Crippen molar-refractivity contribution in [1.82, 2.24) is 28.9 Å². The molecule has 55 heavy (non-hydrogen) atoms. The van der Waals surface area contributed by atoms with E-state index in [9.17, 15) is 14.7 Å². The molecule has 0 aliphatic carbocycles. The molecule has 1 N–H and O–H groups in total. The molecule has 1 saturated heterocycles. The molecule has 0 spiro atoms. The topological polar surface area (TPSA) is 109 Å². The predicted molar refractivity (Wildman–Crippen MR) is 219 cm³/mol. The largest absolute Gasteiger partial charge is 0.506 e. The minimum Gasteiger partial charge on any atom is -0.506 e. The summed E-state index contributed by atoms with van der Waals surface area (Å²) < 4.78 is 9.45. The molecule has 1 fully saturated rings. The second kappa shape index (κ2) is 16.4. The molecule has 2 amide bonds. The lowest BCUT2D eigenvalue weighted by Crippen LogP contribution is -2.52. The molecule has 0 unspecified atom stereocenters. The highest BCUT2D eigenvalue weighted by Crippen LogP contribution is 2.36. The van der Waals surface area contributed by atoms with Gasteiger partial charge in [-0.3, -0.25) is 19.4 Å². The number of hydrogen-bond donors (Lipinski definition) is 1. The van der Waals surface area contributed by atoms with Gasteiger partial charge in [-0.25, -0.2) is 9.97 Å². The summed E-state index contributed by atoms with van der Waals surface area (Å²) in [5, 5.41) is 11.4. The van der Waals surface area contributed by atoms with Gasteiger partial charge >= 0.3 is 0 Å². The van der Waals surface area contributed by atoms with Crippen molar-refractivity contribution in [3.8, 4) is 17.0 Å². The zero-order valence-electron chi connectivity index (χ0n) is 30.7. The quantitative estimate of drug-likeness (QED) is 0.180. The molecule has 14 heteroatoms. The Bertz CT molecular complexity index is 2350. The van der Waals surface area contributed by atoms with Gasteiger partial charge in [0, 0.05) is 85.4 Å². The van der Waals surface area contributed by atoms with Gasteiger partial charge in [-0.1, -0.05) is 35.9 Å². The summed E-state index contributed by atoms with van der Waals surface area (Å²) in [5.41, 5.74) is 6.64. The Morgan fingerprint density at radius 3 is 2.44 bits per heavy atom. The van der Waals surface area contributed by atoms with Crippen LogP contribution in [0.15, 0.2) is 91.4 Å². The number of aryl methyl sites for hydroxylation is 1. The Balaban J connectivity index is 0.00000257. The zero-order valence-corrected chi connectivity index (χ0v) is 33.1. The van der Waals surface area contributed by atoms with E-state index in [4.69, 9.17) is 16.3 Å². The first kappa shape index (κ1) is 39.8. The van der Waals surface area contributed by atoms with Gasteiger partial charge in [0.15, 0.2) is 0 Å². The molecule has 8 rings (SSSR count). The minimum absolute atomic E-state index is 0. The third-order valence-electron chi connectivity index (χ3n) is 10.6. The van der Waals surface area contributed by atoms with E-state index in [0.29, 0.717) is 64.4 Å². The van der Waals surface area contributed by atoms with Crippen molar-refractivity contribution in [1.29, 1.82) is 0 Å². The number of amides is 2. The molecular weight excluding hydrogens is 761 g/mol. The number of carbonyl (C=O) groups is 2. The van der Waals surface area contributed by atoms with E-state index in [0.717, 1.165) is 42.7 Å². The number of nitrogens with zero attached hydrogens (tertiary/aromatic N) is 7. The Kier molecular flexibility index (Phi) is 11.9. The SMILES string of the molecule is Cc1c(C(=O)N(c2cnc3c(ccn3C)c2)c2ccc(O)cn2)cc(-c2cc(Cl)ccc2C(=O)N2Cc3ccccc3C[C@H]2CN2CCOCC2)n1C.Cl.Cl. The normalized spacial score (nSPS) is 15.6. The Morgan fingerprint density at radius 2 is 1.69 bits per heavy atom. The van der Waals surface area contributed by atoms with E-state index in [1.54, 1.807) is 30.5 Å². The van der Waals surface area contributed by atoms with Crippen molar-refractivity contribution >= 4 is 70.8 Å². The molecule has 286 valence electrons. The maximum atomic E-state index is 14.8. The second-order valence-corrected chi connectivity index (χ2v) is 14.2. The number of aromatic hydroxyl groups is 1. The van der Waals surface area contributed by atoms with Crippen molar-refractivity contribution < 1.29 is 19.4 Å². The van der Waals surface area contributed by atoms with E-state index in [1.807, 2.05) is 65.5 Å². The Hall–Kier alpha value is -4.91. The molecule has 6 heterocycles.